The maximum Gasteiger partial charge on any atom is 0.263 e. The molecule has 29 heavy (non-hydrogen) atoms. The second kappa shape index (κ2) is 8.40. The second-order valence-corrected chi connectivity index (χ2v) is 7.04. The summed E-state index contributed by atoms with van der Waals surface area (Å²) in [6.45, 7) is 2.91. The first kappa shape index (κ1) is 19.1. The summed E-state index contributed by atoms with van der Waals surface area (Å²) in [6.07, 6.45) is 1.70. The number of aromatic nitrogens is 4. The van der Waals surface area contributed by atoms with E-state index < -0.39 is 6.10 Å². The third kappa shape index (κ3) is 4.27. The van der Waals surface area contributed by atoms with E-state index in [1.807, 2.05) is 24.3 Å². The first-order chi connectivity index (χ1) is 14.1. The van der Waals surface area contributed by atoms with E-state index in [1.54, 1.807) is 35.7 Å². The molecule has 1 amide bonds. The van der Waals surface area contributed by atoms with Crippen LogP contribution in [-0.4, -0.2) is 57.3 Å². The highest BCUT2D eigenvalue weighted by Gasteiger charge is 2.26. The van der Waals surface area contributed by atoms with Crippen LogP contribution in [0.1, 0.15) is 24.2 Å². The highest BCUT2D eigenvalue weighted by atomic mass is 16.5. The molecule has 1 aliphatic heterocycles. The standard InChI is InChI=1S/C21H23N5O3/c1-15(29-18-9-7-17(8-10-18)26-14-22-23-24-26)21(27)25(2)13-20-19-6-4-3-5-16(19)11-12-28-20/h3-10,14-15,20H,11-13H2,1-2H3/t15-,20-/m0/s1. The van der Waals surface area contributed by atoms with E-state index in [4.69, 9.17) is 9.47 Å². The number of amides is 1. The van der Waals surface area contributed by atoms with Crippen LogP contribution in [0.25, 0.3) is 5.69 Å². The van der Waals surface area contributed by atoms with Crippen molar-refractivity contribution < 1.29 is 14.3 Å². The predicted molar refractivity (Wildman–Crippen MR) is 106 cm³/mol. The summed E-state index contributed by atoms with van der Waals surface area (Å²) in [6, 6.07) is 15.5. The van der Waals surface area contributed by atoms with E-state index in [-0.39, 0.29) is 12.0 Å². The molecule has 2 heterocycles. The highest BCUT2D eigenvalue weighted by molar-refractivity contribution is 5.80. The summed E-state index contributed by atoms with van der Waals surface area (Å²) in [5, 5.41) is 11.1. The van der Waals surface area contributed by atoms with Crippen molar-refractivity contribution in [3.8, 4) is 11.4 Å². The molecule has 2 aromatic carbocycles. The van der Waals surface area contributed by atoms with Crippen molar-refractivity contribution >= 4 is 5.91 Å². The lowest BCUT2D eigenvalue weighted by atomic mass is 9.97. The number of ether oxygens (including phenoxy) is 2. The third-order valence-electron chi connectivity index (χ3n) is 5.02. The van der Waals surface area contributed by atoms with Gasteiger partial charge in [-0.2, -0.15) is 0 Å². The summed E-state index contributed by atoms with van der Waals surface area (Å²) in [5.74, 6) is 0.511. The molecule has 0 fully saturated rings. The molecule has 1 aliphatic rings. The molecular formula is C21H23N5O3. The molecule has 4 rings (SSSR count). The van der Waals surface area contributed by atoms with E-state index in [9.17, 15) is 4.79 Å². The Kier molecular flexibility index (Phi) is 5.53. The maximum absolute atomic E-state index is 12.8. The number of likely N-dealkylation sites (N-methyl/N-ethyl adjacent to an activating group) is 1. The highest BCUT2D eigenvalue weighted by Crippen LogP contribution is 2.27. The van der Waals surface area contributed by atoms with Crippen LogP contribution in [0, 0.1) is 0 Å². The quantitative estimate of drug-likeness (QED) is 0.639. The van der Waals surface area contributed by atoms with Crippen molar-refractivity contribution in [3.05, 3.63) is 66.0 Å². The lowest BCUT2D eigenvalue weighted by Gasteiger charge is -2.30. The fourth-order valence-corrected chi connectivity index (χ4v) is 3.49. The van der Waals surface area contributed by atoms with Gasteiger partial charge >= 0.3 is 0 Å². The van der Waals surface area contributed by atoms with Crippen molar-refractivity contribution in [2.75, 3.05) is 20.2 Å². The molecule has 8 heteroatoms. The van der Waals surface area contributed by atoms with Crippen LogP contribution in [0.15, 0.2) is 54.9 Å². The second-order valence-electron chi connectivity index (χ2n) is 7.04. The monoisotopic (exact) mass is 393 g/mol. The fraction of sp³-hybridized carbons (Fsp3) is 0.333. The minimum absolute atomic E-state index is 0.0961. The largest absolute Gasteiger partial charge is 0.481 e. The van der Waals surface area contributed by atoms with Crippen molar-refractivity contribution in [2.45, 2.75) is 25.6 Å². The Morgan fingerprint density at radius 3 is 2.83 bits per heavy atom. The number of carbonyl (C=O) groups is 1. The number of rotatable bonds is 6. The summed E-state index contributed by atoms with van der Waals surface area (Å²) in [5.41, 5.74) is 3.26. The van der Waals surface area contributed by atoms with Gasteiger partial charge in [-0.25, -0.2) is 4.68 Å². The zero-order valence-corrected chi connectivity index (χ0v) is 16.4. The van der Waals surface area contributed by atoms with E-state index in [0.29, 0.717) is 18.9 Å². The molecule has 150 valence electrons. The van der Waals surface area contributed by atoms with Gasteiger partial charge in [0.1, 0.15) is 18.2 Å². The number of fused-ring (bicyclic) bond motifs is 1. The summed E-state index contributed by atoms with van der Waals surface area (Å²) < 4.78 is 13.3. The van der Waals surface area contributed by atoms with Gasteiger partial charge in [-0.05, 0) is 59.2 Å². The Balaban J connectivity index is 1.36. The molecule has 0 saturated carbocycles. The number of benzene rings is 2. The molecule has 0 spiro atoms. The number of carbonyl (C=O) groups excluding carboxylic acids is 1. The SMILES string of the molecule is C[C@H](Oc1ccc(-n2cnnn2)cc1)C(=O)N(C)C[C@@H]1OCCc2ccccc21. The number of hydrogen-bond acceptors (Lipinski definition) is 6. The summed E-state index contributed by atoms with van der Waals surface area (Å²) >= 11 is 0. The Labute approximate surface area is 169 Å². The van der Waals surface area contributed by atoms with Crippen LogP contribution in [0.4, 0.5) is 0 Å². The van der Waals surface area contributed by atoms with Crippen molar-refractivity contribution in [1.82, 2.24) is 25.1 Å². The van der Waals surface area contributed by atoms with Crippen molar-refractivity contribution in [1.29, 1.82) is 0 Å². The number of nitrogens with zero attached hydrogens (tertiary/aromatic N) is 5. The molecule has 0 unspecified atom stereocenters. The van der Waals surface area contributed by atoms with Crippen LogP contribution in [0.2, 0.25) is 0 Å². The molecule has 0 saturated heterocycles. The lowest BCUT2D eigenvalue weighted by molar-refractivity contribution is -0.138. The number of tetrazole rings is 1. The Bertz CT molecular complexity index is 959. The molecule has 0 N–H and O–H groups in total. The van der Waals surface area contributed by atoms with Crippen molar-refractivity contribution in [3.63, 3.8) is 0 Å². The van der Waals surface area contributed by atoms with Gasteiger partial charge in [0.15, 0.2) is 6.10 Å². The van der Waals surface area contributed by atoms with Gasteiger partial charge < -0.3 is 14.4 Å². The molecule has 1 aromatic heterocycles. The van der Waals surface area contributed by atoms with E-state index in [2.05, 4.69) is 27.7 Å². The molecule has 3 aromatic rings. The molecule has 2 atom stereocenters. The van der Waals surface area contributed by atoms with Gasteiger partial charge in [-0.3, -0.25) is 4.79 Å². The van der Waals surface area contributed by atoms with E-state index in [1.165, 1.54) is 11.9 Å². The summed E-state index contributed by atoms with van der Waals surface area (Å²) in [4.78, 5) is 14.5. The lowest BCUT2D eigenvalue weighted by Crippen LogP contribution is -2.41. The first-order valence-electron chi connectivity index (χ1n) is 9.56. The first-order valence-corrected chi connectivity index (χ1v) is 9.56. The summed E-state index contributed by atoms with van der Waals surface area (Å²) in [7, 11) is 1.78. The van der Waals surface area contributed by atoms with Gasteiger partial charge in [0.25, 0.3) is 5.91 Å². The van der Waals surface area contributed by atoms with Gasteiger partial charge in [-0.15, -0.1) is 5.10 Å². The average molecular weight is 393 g/mol. The number of hydrogen-bond donors (Lipinski definition) is 0. The normalized spacial score (nSPS) is 16.7. The van der Waals surface area contributed by atoms with Crippen LogP contribution in [-0.2, 0) is 16.0 Å². The zero-order valence-electron chi connectivity index (χ0n) is 16.4. The minimum Gasteiger partial charge on any atom is -0.481 e. The van der Waals surface area contributed by atoms with Crippen LogP contribution in [0.3, 0.4) is 0 Å². The van der Waals surface area contributed by atoms with Gasteiger partial charge in [0, 0.05) is 7.05 Å². The predicted octanol–water partition coefficient (Wildman–Crippen LogP) is 2.20. The van der Waals surface area contributed by atoms with E-state index >= 15 is 0 Å². The molecule has 0 radical (unpaired) electrons. The van der Waals surface area contributed by atoms with E-state index in [0.717, 1.165) is 17.7 Å². The average Bonchev–Trinajstić information content (AvgIpc) is 3.29. The third-order valence-corrected chi connectivity index (χ3v) is 5.02. The molecule has 0 bridgehead atoms. The zero-order chi connectivity index (χ0) is 20.2. The minimum atomic E-state index is -0.613. The maximum atomic E-state index is 12.8. The Morgan fingerprint density at radius 1 is 1.28 bits per heavy atom. The van der Waals surface area contributed by atoms with Crippen LogP contribution >= 0.6 is 0 Å². The van der Waals surface area contributed by atoms with Crippen LogP contribution in [0.5, 0.6) is 5.75 Å². The van der Waals surface area contributed by atoms with Gasteiger partial charge in [0.2, 0.25) is 0 Å². The molecule has 8 nitrogen and oxygen atoms in total. The fourth-order valence-electron chi connectivity index (χ4n) is 3.49. The van der Waals surface area contributed by atoms with Gasteiger partial charge in [0.05, 0.1) is 18.8 Å². The van der Waals surface area contributed by atoms with Gasteiger partial charge in [-0.1, -0.05) is 24.3 Å². The smallest absolute Gasteiger partial charge is 0.263 e. The topological polar surface area (TPSA) is 82.4 Å². The molecule has 0 aliphatic carbocycles. The van der Waals surface area contributed by atoms with Crippen molar-refractivity contribution in [2.24, 2.45) is 0 Å². The Hall–Kier alpha value is -3.26. The van der Waals surface area contributed by atoms with Crippen LogP contribution < -0.4 is 4.74 Å². The molecular weight excluding hydrogens is 370 g/mol. The Morgan fingerprint density at radius 2 is 2.07 bits per heavy atom.